The molecule has 0 aliphatic heterocycles. The minimum atomic E-state index is -0.0780. The summed E-state index contributed by atoms with van der Waals surface area (Å²) >= 11 is 0. The van der Waals surface area contributed by atoms with Crippen LogP contribution in [0.15, 0.2) is 97.1 Å². The molecule has 4 aromatic carbocycles. The molecule has 1 amide bonds. The number of ether oxygens (including phenoxy) is 1. The Bertz CT molecular complexity index is 1410. The van der Waals surface area contributed by atoms with Crippen LogP contribution >= 0.6 is 0 Å². The Morgan fingerprint density at radius 2 is 1.64 bits per heavy atom. The van der Waals surface area contributed by atoms with Crippen molar-refractivity contribution in [1.82, 2.24) is 14.9 Å². The lowest BCUT2D eigenvalue weighted by atomic mass is 10.1. The van der Waals surface area contributed by atoms with Gasteiger partial charge in [-0.15, -0.1) is 0 Å². The van der Waals surface area contributed by atoms with E-state index in [1.807, 2.05) is 96.4 Å². The van der Waals surface area contributed by atoms with E-state index in [0.717, 1.165) is 27.7 Å². The van der Waals surface area contributed by atoms with Crippen molar-refractivity contribution in [3.8, 4) is 5.75 Å². The summed E-state index contributed by atoms with van der Waals surface area (Å²) in [6.45, 7) is 2.44. The van der Waals surface area contributed by atoms with E-state index >= 15 is 0 Å². The van der Waals surface area contributed by atoms with Gasteiger partial charge in [0.1, 0.15) is 24.7 Å². The fourth-order valence-electron chi connectivity index (χ4n) is 4.07. The standard InChI is InChI=1S/C28H25N3O2/c1-20(21-9-3-2-4-10-21)29-28(32)18-31-26-14-8-7-13-25(26)30-27(31)19-33-24-16-15-22-11-5-6-12-23(22)17-24/h2-17,20H,18-19H2,1H3,(H,29,32). The maximum atomic E-state index is 12.9. The van der Waals surface area contributed by atoms with E-state index in [4.69, 9.17) is 9.72 Å². The number of nitrogens with one attached hydrogen (secondary N) is 1. The number of imidazole rings is 1. The van der Waals surface area contributed by atoms with Crippen LogP contribution in [0.3, 0.4) is 0 Å². The van der Waals surface area contributed by atoms with Crippen LogP contribution < -0.4 is 10.1 Å². The Balaban J connectivity index is 1.36. The number of nitrogens with zero attached hydrogens (tertiary/aromatic N) is 2. The van der Waals surface area contributed by atoms with E-state index in [0.29, 0.717) is 5.82 Å². The molecule has 5 rings (SSSR count). The summed E-state index contributed by atoms with van der Waals surface area (Å²) in [4.78, 5) is 17.6. The van der Waals surface area contributed by atoms with E-state index in [9.17, 15) is 4.79 Å². The second kappa shape index (κ2) is 9.17. The third kappa shape index (κ3) is 4.58. The van der Waals surface area contributed by atoms with Gasteiger partial charge >= 0.3 is 0 Å². The fraction of sp³-hybridized carbons (Fsp3) is 0.143. The van der Waals surface area contributed by atoms with E-state index in [-0.39, 0.29) is 25.1 Å². The highest BCUT2D eigenvalue weighted by Gasteiger charge is 2.16. The Morgan fingerprint density at radius 1 is 0.909 bits per heavy atom. The fourth-order valence-corrected chi connectivity index (χ4v) is 4.07. The van der Waals surface area contributed by atoms with Crippen molar-refractivity contribution in [3.05, 3.63) is 108 Å². The normalized spacial score (nSPS) is 12.0. The van der Waals surface area contributed by atoms with Crippen LogP contribution in [0.5, 0.6) is 5.75 Å². The minimum absolute atomic E-state index is 0.0681. The highest BCUT2D eigenvalue weighted by Crippen LogP contribution is 2.23. The third-order valence-corrected chi connectivity index (χ3v) is 5.80. The Labute approximate surface area is 192 Å². The first-order valence-corrected chi connectivity index (χ1v) is 11.1. The smallest absolute Gasteiger partial charge is 0.240 e. The van der Waals surface area contributed by atoms with Crippen molar-refractivity contribution >= 4 is 27.7 Å². The number of rotatable bonds is 7. The van der Waals surface area contributed by atoms with Crippen LogP contribution in [0.25, 0.3) is 21.8 Å². The maximum Gasteiger partial charge on any atom is 0.240 e. The van der Waals surface area contributed by atoms with Crippen LogP contribution in [0.4, 0.5) is 0 Å². The molecule has 1 heterocycles. The number of hydrogen-bond donors (Lipinski definition) is 1. The van der Waals surface area contributed by atoms with Gasteiger partial charge in [-0.05, 0) is 47.5 Å². The largest absolute Gasteiger partial charge is 0.486 e. The molecule has 1 aromatic heterocycles. The highest BCUT2D eigenvalue weighted by atomic mass is 16.5. The molecule has 0 bridgehead atoms. The van der Waals surface area contributed by atoms with Gasteiger partial charge in [-0.3, -0.25) is 4.79 Å². The molecule has 164 valence electrons. The molecular formula is C28H25N3O2. The number of amides is 1. The summed E-state index contributed by atoms with van der Waals surface area (Å²) in [5, 5.41) is 5.38. The Morgan fingerprint density at radius 3 is 2.48 bits per heavy atom. The van der Waals surface area contributed by atoms with Gasteiger partial charge in [0.2, 0.25) is 5.91 Å². The second-order valence-corrected chi connectivity index (χ2v) is 8.10. The number of para-hydroxylation sites is 2. The topological polar surface area (TPSA) is 56.2 Å². The molecule has 1 unspecified atom stereocenters. The maximum absolute atomic E-state index is 12.9. The van der Waals surface area contributed by atoms with Gasteiger partial charge in [0.15, 0.2) is 0 Å². The third-order valence-electron chi connectivity index (χ3n) is 5.80. The van der Waals surface area contributed by atoms with Crippen molar-refractivity contribution in [3.63, 3.8) is 0 Å². The predicted molar refractivity (Wildman–Crippen MR) is 131 cm³/mol. The number of fused-ring (bicyclic) bond motifs is 2. The van der Waals surface area contributed by atoms with Crippen molar-refractivity contribution in [2.45, 2.75) is 26.1 Å². The minimum Gasteiger partial charge on any atom is -0.486 e. The monoisotopic (exact) mass is 435 g/mol. The molecule has 1 atom stereocenters. The molecule has 5 heteroatoms. The van der Waals surface area contributed by atoms with Gasteiger partial charge in [0.05, 0.1) is 17.1 Å². The summed E-state index contributed by atoms with van der Waals surface area (Å²) < 4.78 is 8.02. The summed E-state index contributed by atoms with van der Waals surface area (Å²) in [7, 11) is 0. The van der Waals surface area contributed by atoms with Gasteiger partial charge < -0.3 is 14.6 Å². The zero-order valence-corrected chi connectivity index (χ0v) is 18.4. The average molecular weight is 436 g/mol. The number of hydrogen-bond acceptors (Lipinski definition) is 3. The van der Waals surface area contributed by atoms with Crippen molar-refractivity contribution < 1.29 is 9.53 Å². The molecule has 1 N–H and O–H groups in total. The zero-order chi connectivity index (χ0) is 22.6. The summed E-state index contributed by atoms with van der Waals surface area (Å²) in [5.41, 5.74) is 2.83. The number of carbonyl (C=O) groups excluding carboxylic acids is 1. The highest BCUT2D eigenvalue weighted by molar-refractivity contribution is 5.84. The molecule has 33 heavy (non-hydrogen) atoms. The first-order valence-electron chi connectivity index (χ1n) is 11.1. The van der Waals surface area contributed by atoms with Gasteiger partial charge in [-0.25, -0.2) is 4.98 Å². The molecule has 0 radical (unpaired) electrons. The summed E-state index contributed by atoms with van der Waals surface area (Å²) in [6, 6.07) is 31.9. The van der Waals surface area contributed by atoms with Crippen LogP contribution in [0.1, 0.15) is 24.4 Å². The van der Waals surface area contributed by atoms with E-state index in [1.54, 1.807) is 0 Å². The lowest BCUT2D eigenvalue weighted by molar-refractivity contribution is -0.122. The Hall–Kier alpha value is -4.12. The van der Waals surface area contributed by atoms with Crippen LogP contribution in [-0.4, -0.2) is 15.5 Å². The first-order chi connectivity index (χ1) is 16.2. The summed E-state index contributed by atoms with van der Waals surface area (Å²) in [6.07, 6.45) is 0. The molecule has 0 spiro atoms. The van der Waals surface area contributed by atoms with Crippen LogP contribution in [0.2, 0.25) is 0 Å². The quantitative estimate of drug-likeness (QED) is 0.360. The van der Waals surface area contributed by atoms with E-state index in [1.165, 1.54) is 5.39 Å². The van der Waals surface area contributed by atoms with Gasteiger partial charge in [-0.1, -0.05) is 72.8 Å². The van der Waals surface area contributed by atoms with Crippen LogP contribution in [-0.2, 0) is 17.9 Å². The molecule has 0 fully saturated rings. The van der Waals surface area contributed by atoms with Gasteiger partial charge in [-0.2, -0.15) is 0 Å². The zero-order valence-electron chi connectivity index (χ0n) is 18.4. The Kier molecular flexibility index (Phi) is 5.77. The summed E-state index contributed by atoms with van der Waals surface area (Å²) in [5.74, 6) is 1.42. The number of carbonyl (C=O) groups is 1. The molecule has 0 saturated carbocycles. The van der Waals surface area contributed by atoms with E-state index in [2.05, 4.69) is 17.4 Å². The lowest BCUT2D eigenvalue weighted by Crippen LogP contribution is -2.30. The van der Waals surface area contributed by atoms with Crippen molar-refractivity contribution in [2.75, 3.05) is 0 Å². The van der Waals surface area contributed by atoms with Gasteiger partial charge in [0.25, 0.3) is 0 Å². The first kappa shape index (κ1) is 20.8. The predicted octanol–water partition coefficient (Wildman–Crippen LogP) is 5.65. The molecule has 5 nitrogen and oxygen atoms in total. The SMILES string of the molecule is CC(NC(=O)Cn1c(COc2ccc3ccccc3c2)nc2ccccc21)c1ccccc1. The second-order valence-electron chi connectivity index (χ2n) is 8.10. The molecule has 0 aliphatic rings. The average Bonchev–Trinajstić information content (AvgIpc) is 3.20. The molecule has 0 saturated heterocycles. The molecule has 5 aromatic rings. The number of aromatic nitrogens is 2. The van der Waals surface area contributed by atoms with Crippen molar-refractivity contribution in [1.29, 1.82) is 0 Å². The molecule has 0 aliphatic carbocycles. The van der Waals surface area contributed by atoms with Gasteiger partial charge in [0, 0.05) is 0 Å². The lowest BCUT2D eigenvalue weighted by Gasteiger charge is -2.16. The number of benzene rings is 4. The van der Waals surface area contributed by atoms with E-state index < -0.39 is 0 Å². The van der Waals surface area contributed by atoms with Crippen LogP contribution in [0, 0.1) is 0 Å². The van der Waals surface area contributed by atoms with Crippen molar-refractivity contribution in [2.24, 2.45) is 0 Å². The molecular weight excluding hydrogens is 410 g/mol.